The Hall–Kier alpha value is -2.33. The highest BCUT2D eigenvalue weighted by atomic mass is 35.5. The van der Waals surface area contributed by atoms with Gasteiger partial charge in [-0.2, -0.15) is 0 Å². The molecule has 0 spiro atoms. The molecule has 24 heavy (non-hydrogen) atoms. The number of carbonyl (C=O) groups is 2. The van der Waals surface area contributed by atoms with Gasteiger partial charge in [0.15, 0.2) is 0 Å². The molecular weight excluding hydrogens is 326 g/mol. The summed E-state index contributed by atoms with van der Waals surface area (Å²) in [5.74, 6) is -1.57. The van der Waals surface area contributed by atoms with Crippen molar-refractivity contribution >= 4 is 29.2 Å². The first-order valence-corrected chi connectivity index (χ1v) is 8.20. The molecule has 0 aliphatic carbocycles. The first kappa shape index (κ1) is 18.0. The van der Waals surface area contributed by atoms with Crippen LogP contribution in [0.1, 0.15) is 36.8 Å². The molecule has 1 atom stereocenters. The molecule has 0 aliphatic heterocycles. The van der Waals surface area contributed by atoms with Gasteiger partial charge in [-0.1, -0.05) is 35.9 Å². The molecule has 1 unspecified atom stereocenters. The number of hydrogen-bond donors (Lipinski definition) is 2. The number of carboxylic acids is 1. The fraction of sp³-hybridized carbons (Fsp3) is 0.263. The van der Waals surface area contributed by atoms with Crippen LogP contribution < -0.4 is 5.32 Å². The van der Waals surface area contributed by atoms with Crippen molar-refractivity contribution in [1.29, 1.82) is 0 Å². The zero-order valence-electron chi connectivity index (χ0n) is 13.5. The lowest BCUT2D eigenvalue weighted by Gasteiger charge is -2.10. The number of halogens is 1. The van der Waals surface area contributed by atoms with Crippen LogP contribution in [0.2, 0.25) is 5.02 Å². The number of aryl methyl sites for hydroxylation is 1. The minimum atomic E-state index is -0.888. The van der Waals surface area contributed by atoms with Crippen LogP contribution in [0.5, 0.6) is 0 Å². The topological polar surface area (TPSA) is 66.4 Å². The van der Waals surface area contributed by atoms with Gasteiger partial charge in [-0.05, 0) is 55.2 Å². The predicted octanol–water partition coefficient (Wildman–Crippen LogP) is 4.49. The second-order valence-electron chi connectivity index (χ2n) is 5.71. The van der Waals surface area contributed by atoms with Gasteiger partial charge in [0.1, 0.15) is 0 Å². The molecule has 0 saturated heterocycles. The standard InChI is InChI=1S/C19H20ClNO3/c1-13(19(23)24)15-5-3-6-17(12-15)21-18(22)7-2-4-14-8-10-16(20)11-9-14/h3,5-6,8-13H,2,4,7H2,1H3,(H,21,22)(H,23,24). The van der Waals surface area contributed by atoms with Crippen LogP contribution in [-0.4, -0.2) is 17.0 Å². The number of carbonyl (C=O) groups excluding carboxylic acids is 1. The minimum absolute atomic E-state index is 0.0795. The van der Waals surface area contributed by atoms with E-state index in [2.05, 4.69) is 5.32 Å². The van der Waals surface area contributed by atoms with Crippen LogP contribution in [0.15, 0.2) is 48.5 Å². The lowest BCUT2D eigenvalue weighted by atomic mass is 10.0. The van der Waals surface area contributed by atoms with E-state index < -0.39 is 11.9 Å². The molecular formula is C19H20ClNO3. The average Bonchev–Trinajstić information content (AvgIpc) is 2.56. The largest absolute Gasteiger partial charge is 0.481 e. The summed E-state index contributed by atoms with van der Waals surface area (Å²) in [6, 6.07) is 14.5. The summed E-state index contributed by atoms with van der Waals surface area (Å²) in [5.41, 5.74) is 2.43. The summed E-state index contributed by atoms with van der Waals surface area (Å²) in [6.07, 6.45) is 1.95. The minimum Gasteiger partial charge on any atom is -0.481 e. The van der Waals surface area contributed by atoms with Crippen molar-refractivity contribution in [1.82, 2.24) is 0 Å². The molecule has 2 N–H and O–H groups in total. The van der Waals surface area contributed by atoms with E-state index in [9.17, 15) is 9.59 Å². The predicted molar refractivity (Wildman–Crippen MR) is 95.5 cm³/mol. The van der Waals surface area contributed by atoms with Crippen LogP contribution in [0.4, 0.5) is 5.69 Å². The third-order valence-electron chi connectivity index (χ3n) is 3.82. The van der Waals surface area contributed by atoms with Gasteiger partial charge in [0.05, 0.1) is 5.92 Å². The molecule has 0 radical (unpaired) electrons. The van der Waals surface area contributed by atoms with Crippen molar-refractivity contribution in [3.8, 4) is 0 Å². The summed E-state index contributed by atoms with van der Waals surface area (Å²) >= 11 is 5.84. The smallest absolute Gasteiger partial charge is 0.310 e. The zero-order valence-corrected chi connectivity index (χ0v) is 14.2. The van der Waals surface area contributed by atoms with Gasteiger partial charge in [0.2, 0.25) is 5.91 Å². The first-order chi connectivity index (χ1) is 11.5. The van der Waals surface area contributed by atoms with E-state index in [-0.39, 0.29) is 5.91 Å². The Bertz CT molecular complexity index is 713. The monoisotopic (exact) mass is 345 g/mol. The number of benzene rings is 2. The van der Waals surface area contributed by atoms with Gasteiger partial charge in [0.25, 0.3) is 0 Å². The van der Waals surface area contributed by atoms with E-state index in [0.29, 0.717) is 22.7 Å². The highest BCUT2D eigenvalue weighted by molar-refractivity contribution is 6.30. The second kappa shape index (κ2) is 8.50. The van der Waals surface area contributed by atoms with Gasteiger partial charge < -0.3 is 10.4 Å². The molecule has 2 rings (SSSR count). The maximum atomic E-state index is 12.0. The zero-order chi connectivity index (χ0) is 17.5. The van der Waals surface area contributed by atoms with Crippen LogP contribution in [-0.2, 0) is 16.0 Å². The Morgan fingerprint density at radius 1 is 1.17 bits per heavy atom. The SMILES string of the molecule is CC(C(=O)O)c1cccc(NC(=O)CCCc2ccc(Cl)cc2)c1. The normalized spacial score (nSPS) is 11.8. The number of hydrogen-bond acceptors (Lipinski definition) is 2. The van der Waals surface area contributed by atoms with Gasteiger partial charge >= 0.3 is 5.97 Å². The Kier molecular flexibility index (Phi) is 6.38. The number of anilines is 1. The molecule has 2 aromatic rings. The lowest BCUT2D eigenvalue weighted by Crippen LogP contribution is -2.12. The summed E-state index contributed by atoms with van der Waals surface area (Å²) in [7, 11) is 0. The van der Waals surface area contributed by atoms with E-state index in [4.69, 9.17) is 16.7 Å². The fourth-order valence-corrected chi connectivity index (χ4v) is 2.48. The van der Waals surface area contributed by atoms with Crippen LogP contribution in [0.25, 0.3) is 0 Å². The Morgan fingerprint density at radius 2 is 1.88 bits per heavy atom. The average molecular weight is 346 g/mol. The van der Waals surface area contributed by atoms with Crippen molar-refractivity contribution in [2.45, 2.75) is 32.1 Å². The highest BCUT2D eigenvalue weighted by Crippen LogP contribution is 2.20. The molecule has 0 aromatic heterocycles. The molecule has 4 nitrogen and oxygen atoms in total. The van der Waals surface area contributed by atoms with Crippen LogP contribution in [0.3, 0.4) is 0 Å². The number of carboxylic acid groups (broad SMARTS) is 1. The summed E-state index contributed by atoms with van der Waals surface area (Å²) < 4.78 is 0. The third kappa shape index (κ3) is 5.39. The highest BCUT2D eigenvalue weighted by Gasteiger charge is 2.14. The van der Waals surface area contributed by atoms with Crippen molar-refractivity contribution in [3.63, 3.8) is 0 Å². The fourth-order valence-electron chi connectivity index (χ4n) is 2.36. The van der Waals surface area contributed by atoms with Crippen molar-refractivity contribution in [2.24, 2.45) is 0 Å². The quantitative estimate of drug-likeness (QED) is 0.777. The van der Waals surface area contributed by atoms with Gasteiger partial charge in [0, 0.05) is 17.1 Å². The summed E-state index contributed by atoms with van der Waals surface area (Å²) in [6.45, 7) is 1.62. The molecule has 1 amide bonds. The Morgan fingerprint density at radius 3 is 2.54 bits per heavy atom. The van der Waals surface area contributed by atoms with E-state index >= 15 is 0 Å². The number of nitrogens with one attached hydrogen (secondary N) is 1. The van der Waals surface area contributed by atoms with Crippen molar-refractivity contribution in [2.75, 3.05) is 5.32 Å². The van der Waals surface area contributed by atoms with E-state index in [1.54, 1.807) is 31.2 Å². The van der Waals surface area contributed by atoms with Gasteiger partial charge in [-0.15, -0.1) is 0 Å². The lowest BCUT2D eigenvalue weighted by molar-refractivity contribution is -0.138. The summed E-state index contributed by atoms with van der Waals surface area (Å²) in [4.78, 5) is 23.1. The van der Waals surface area contributed by atoms with Crippen molar-refractivity contribution < 1.29 is 14.7 Å². The van der Waals surface area contributed by atoms with Gasteiger partial charge in [-0.25, -0.2) is 0 Å². The van der Waals surface area contributed by atoms with E-state index in [1.165, 1.54) is 0 Å². The third-order valence-corrected chi connectivity index (χ3v) is 4.08. The molecule has 126 valence electrons. The molecule has 0 saturated carbocycles. The Balaban J connectivity index is 1.85. The molecule has 0 bridgehead atoms. The summed E-state index contributed by atoms with van der Waals surface area (Å²) in [5, 5.41) is 12.6. The molecule has 0 fully saturated rings. The van der Waals surface area contributed by atoms with Crippen LogP contribution in [0, 0.1) is 0 Å². The van der Waals surface area contributed by atoms with Gasteiger partial charge in [-0.3, -0.25) is 9.59 Å². The first-order valence-electron chi connectivity index (χ1n) is 7.83. The molecule has 2 aromatic carbocycles. The molecule has 0 heterocycles. The van der Waals surface area contributed by atoms with Crippen molar-refractivity contribution in [3.05, 3.63) is 64.7 Å². The molecule has 0 aliphatic rings. The maximum Gasteiger partial charge on any atom is 0.310 e. The second-order valence-corrected chi connectivity index (χ2v) is 6.15. The number of rotatable bonds is 7. The molecule has 5 heteroatoms. The number of aliphatic carboxylic acids is 1. The maximum absolute atomic E-state index is 12.0. The Labute approximate surface area is 146 Å². The van der Waals surface area contributed by atoms with Crippen LogP contribution >= 0.6 is 11.6 Å². The van der Waals surface area contributed by atoms with E-state index in [1.807, 2.05) is 24.3 Å². The van der Waals surface area contributed by atoms with E-state index in [0.717, 1.165) is 18.4 Å². The number of amides is 1.